The first-order chi connectivity index (χ1) is 15.9. The summed E-state index contributed by atoms with van der Waals surface area (Å²) in [6.45, 7) is 0.449. The molecule has 0 unspecified atom stereocenters. The number of halogens is 1. The van der Waals surface area contributed by atoms with Gasteiger partial charge in [-0.15, -0.1) is 0 Å². The van der Waals surface area contributed by atoms with Crippen LogP contribution in [-0.2, 0) is 10.0 Å². The van der Waals surface area contributed by atoms with Crippen molar-refractivity contribution in [1.29, 1.82) is 5.26 Å². The van der Waals surface area contributed by atoms with E-state index in [2.05, 4.69) is 10.3 Å². The highest BCUT2D eigenvalue weighted by Crippen LogP contribution is 2.30. The van der Waals surface area contributed by atoms with Crippen LogP contribution in [0, 0.1) is 11.3 Å². The first kappa shape index (κ1) is 22.8. The van der Waals surface area contributed by atoms with Crippen molar-refractivity contribution in [2.24, 2.45) is 0 Å². The molecular weight excluding hydrogens is 460 g/mol. The number of amides is 1. The van der Waals surface area contributed by atoms with Gasteiger partial charge >= 0.3 is 0 Å². The summed E-state index contributed by atoms with van der Waals surface area (Å²) in [6.07, 6.45) is 3.83. The topological polar surface area (TPSA) is 103 Å². The van der Waals surface area contributed by atoms with Crippen LogP contribution in [0.3, 0.4) is 0 Å². The summed E-state index contributed by atoms with van der Waals surface area (Å²) >= 11 is 6.31. The van der Waals surface area contributed by atoms with Gasteiger partial charge in [0.2, 0.25) is 10.0 Å². The van der Waals surface area contributed by atoms with E-state index in [1.807, 2.05) is 6.07 Å². The molecule has 2 heterocycles. The average Bonchev–Trinajstić information content (AvgIpc) is 3.00. The van der Waals surface area contributed by atoms with Gasteiger partial charge in [0.1, 0.15) is 6.07 Å². The molecule has 1 saturated heterocycles. The summed E-state index contributed by atoms with van der Waals surface area (Å²) < 4.78 is 26.4. The summed E-state index contributed by atoms with van der Waals surface area (Å²) in [7, 11) is -3.34. The van der Waals surface area contributed by atoms with Crippen LogP contribution in [0.25, 0.3) is 11.3 Å². The smallest absolute Gasteiger partial charge is 0.255 e. The Hall–Kier alpha value is -3.41. The number of hydrogen-bond donors (Lipinski definition) is 1. The van der Waals surface area contributed by atoms with Crippen molar-refractivity contribution in [3.05, 3.63) is 76.9 Å². The maximum atomic E-state index is 12.8. The van der Waals surface area contributed by atoms with Crippen LogP contribution in [0.1, 0.15) is 35.2 Å². The van der Waals surface area contributed by atoms with Crippen LogP contribution >= 0.6 is 11.6 Å². The number of nitriles is 1. The Bertz CT molecular complexity index is 1320. The largest absolute Gasteiger partial charge is 0.322 e. The molecule has 9 heteroatoms. The van der Waals surface area contributed by atoms with E-state index < -0.39 is 10.0 Å². The lowest BCUT2D eigenvalue weighted by Crippen LogP contribution is -2.32. The van der Waals surface area contributed by atoms with E-state index in [0.717, 1.165) is 12.8 Å². The Morgan fingerprint density at radius 3 is 2.55 bits per heavy atom. The third-order valence-corrected chi connectivity index (χ3v) is 7.61. The zero-order valence-electron chi connectivity index (χ0n) is 17.7. The lowest BCUT2D eigenvalue weighted by molar-refractivity contribution is 0.102. The average molecular weight is 481 g/mol. The lowest BCUT2D eigenvalue weighted by Gasteiger charge is -2.22. The summed E-state index contributed by atoms with van der Waals surface area (Å²) in [4.78, 5) is 17.0. The molecule has 3 aromatic rings. The molecule has 0 atom stereocenters. The minimum atomic E-state index is -3.34. The van der Waals surface area contributed by atoms with E-state index in [1.165, 1.54) is 10.5 Å². The van der Waals surface area contributed by atoms with E-state index >= 15 is 0 Å². The highest BCUT2D eigenvalue weighted by atomic mass is 35.5. The Balaban J connectivity index is 1.52. The number of hydrogen-bond acceptors (Lipinski definition) is 5. The molecule has 168 valence electrons. The van der Waals surface area contributed by atoms with Gasteiger partial charge in [0.15, 0.2) is 0 Å². The fourth-order valence-corrected chi connectivity index (χ4v) is 5.51. The molecule has 0 spiro atoms. The summed E-state index contributed by atoms with van der Waals surface area (Å²) in [5, 5.41) is 12.2. The van der Waals surface area contributed by atoms with Crippen LogP contribution in [0.5, 0.6) is 0 Å². The van der Waals surface area contributed by atoms with Gasteiger partial charge in [-0.3, -0.25) is 14.1 Å². The predicted octanol–water partition coefficient (Wildman–Crippen LogP) is 4.85. The lowest BCUT2D eigenvalue weighted by atomic mass is 10.1. The van der Waals surface area contributed by atoms with E-state index in [-0.39, 0.29) is 11.7 Å². The minimum absolute atomic E-state index is 0.141. The monoisotopic (exact) mass is 480 g/mol. The van der Waals surface area contributed by atoms with Crippen LogP contribution in [0.2, 0.25) is 5.02 Å². The molecule has 1 fully saturated rings. The van der Waals surface area contributed by atoms with Crippen molar-refractivity contribution in [1.82, 2.24) is 4.98 Å². The Labute approximate surface area is 197 Å². The molecular formula is C24H21ClN4O3S. The van der Waals surface area contributed by atoms with Crippen LogP contribution in [0.4, 0.5) is 11.4 Å². The second-order valence-corrected chi connectivity index (χ2v) is 10.1. The number of carbonyl (C=O) groups excluding carboxylic acids is 1. The third kappa shape index (κ3) is 5.16. The standard InChI is InChI=1S/C24H21ClN4O3S/c25-22-10-7-19(14-21(22)23-11-4-17(15-26)16-27-23)28-24(30)18-5-8-20(9-6-18)29-12-2-1-3-13-33(29,31)32/h4-11,14,16H,1-3,12-13H2,(H,28,30). The van der Waals surface area contributed by atoms with Gasteiger partial charge in [-0.05, 0) is 67.4 Å². The van der Waals surface area contributed by atoms with Gasteiger partial charge in [0, 0.05) is 29.6 Å². The van der Waals surface area contributed by atoms with Crippen molar-refractivity contribution in [3.8, 4) is 17.3 Å². The molecule has 1 N–H and O–H groups in total. The summed E-state index contributed by atoms with van der Waals surface area (Å²) in [6, 6.07) is 17.0. The number of rotatable bonds is 4. The number of anilines is 2. The quantitative estimate of drug-likeness (QED) is 0.575. The summed E-state index contributed by atoms with van der Waals surface area (Å²) in [5.41, 5.74) is 3.15. The number of benzene rings is 2. The van der Waals surface area contributed by atoms with Crippen molar-refractivity contribution < 1.29 is 13.2 Å². The molecule has 33 heavy (non-hydrogen) atoms. The Morgan fingerprint density at radius 2 is 1.85 bits per heavy atom. The molecule has 2 aromatic carbocycles. The van der Waals surface area contributed by atoms with Gasteiger partial charge in [-0.25, -0.2) is 8.42 Å². The third-order valence-electron chi connectivity index (χ3n) is 5.41. The number of sulfonamides is 1. The van der Waals surface area contributed by atoms with Gasteiger partial charge in [-0.1, -0.05) is 18.0 Å². The van der Waals surface area contributed by atoms with Crippen molar-refractivity contribution >= 4 is 38.9 Å². The van der Waals surface area contributed by atoms with Crippen LogP contribution < -0.4 is 9.62 Å². The number of nitrogens with zero attached hydrogens (tertiary/aromatic N) is 3. The van der Waals surface area contributed by atoms with Crippen molar-refractivity contribution in [2.45, 2.75) is 19.3 Å². The molecule has 4 rings (SSSR count). The van der Waals surface area contributed by atoms with Gasteiger partial charge in [0.25, 0.3) is 5.91 Å². The SMILES string of the molecule is N#Cc1ccc(-c2cc(NC(=O)c3ccc(N4CCCCCS4(=O)=O)cc3)ccc2Cl)nc1. The molecule has 0 radical (unpaired) electrons. The molecule has 1 amide bonds. The Kier molecular flexibility index (Phi) is 6.63. The molecule has 0 bridgehead atoms. The molecule has 1 aliphatic rings. The predicted molar refractivity (Wildman–Crippen MR) is 129 cm³/mol. The van der Waals surface area contributed by atoms with E-state index in [0.29, 0.717) is 51.7 Å². The van der Waals surface area contributed by atoms with Gasteiger partial charge in [0.05, 0.1) is 27.7 Å². The van der Waals surface area contributed by atoms with Crippen molar-refractivity contribution in [3.63, 3.8) is 0 Å². The van der Waals surface area contributed by atoms with E-state index in [9.17, 15) is 13.2 Å². The normalized spacial score (nSPS) is 15.3. The number of aromatic nitrogens is 1. The Morgan fingerprint density at radius 1 is 1.06 bits per heavy atom. The van der Waals surface area contributed by atoms with Gasteiger partial charge < -0.3 is 5.32 Å². The fraction of sp³-hybridized carbons (Fsp3) is 0.208. The number of pyridine rings is 1. The second-order valence-electron chi connectivity index (χ2n) is 7.69. The second kappa shape index (κ2) is 9.61. The summed E-state index contributed by atoms with van der Waals surface area (Å²) in [5.74, 6) is -0.191. The zero-order valence-corrected chi connectivity index (χ0v) is 19.2. The minimum Gasteiger partial charge on any atom is -0.322 e. The molecule has 0 saturated carbocycles. The maximum Gasteiger partial charge on any atom is 0.255 e. The molecule has 1 aromatic heterocycles. The zero-order chi connectivity index (χ0) is 23.4. The molecule has 7 nitrogen and oxygen atoms in total. The first-order valence-electron chi connectivity index (χ1n) is 10.5. The highest BCUT2D eigenvalue weighted by molar-refractivity contribution is 7.92. The van der Waals surface area contributed by atoms with E-state index in [4.69, 9.17) is 16.9 Å². The maximum absolute atomic E-state index is 12.8. The molecule has 0 aliphatic carbocycles. The van der Waals surface area contributed by atoms with Gasteiger partial charge in [-0.2, -0.15) is 5.26 Å². The number of nitrogens with one attached hydrogen (secondary N) is 1. The van der Waals surface area contributed by atoms with Crippen molar-refractivity contribution in [2.75, 3.05) is 21.9 Å². The molecule has 1 aliphatic heterocycles. The number of carbonyl (C=O) groups is 1. The first-order valence-corrected chi connectivity index (χ1v) is 12.4. The van der Waals surface area contributed by atoms with Crippen LogP contribution in [-0.4, -0.2) is 31.6 Å². The van der Waals surface area contributed by atoms with E-state index in [1.54, 1.807) is 54.6 Å². The highest BCUT2D eigenvalue weighted by Gasteiger charge is 2.24. The fourth-order valence-electron chi connectivity index (χ4n) is 3.66. The van der Waals surface area contributed by atoms with Crippen LogP contribution in [0.15, 0.2) is 60.8 Å².